The van der Waals surface area contributed by atoms with Crippen molar-refractivity contribution in [1.82, 2.24) is 18.5 Å². The molecule has 12 heteroatoms. The third kappa shape index (κ3) is 5.54. The molecule has 4 rings (SSSR count). The second-order valence-corrected chi connectivity index (χ2v) is 8.39. The van der Waals surface area contributed by atoms with Gasteiger partial charge in [0.2, 0.25) is 5.88 Å². The molecule has 0 atom stereocenters. The van der Waals surface area contributed by atoms with E-state index < -0.39 is 18.5 Å². The highest BCUT2D eigenvalue weighted by atomic mass is 32.1. The maximum Gasteiger partial charge on any atom is 0.354 e. The SMILES string of the molecule is CCCOc1nn(Cc2ccc(OC)cc2OCC(=O)O)c(C(=O)O)c1Cc1ccc2nsnc2c1. The Bertz CT molecular complexity index is 1400. The Balaban J connectivity index is 1.74. The van der Waals surface area contributed by atoms with Crippen molar-refractivity contribution in [2.45, 2.75) is 26.3 Å². The van der Waals surface area contributed by atoms with Crippen molar-refractivity contribution >= 4 is 34.7 Å². The van der Waals surface area contributed by atoms with Crippen LogP contribution in [0.2, 0.25) is 0 Å². The quantitative estimate of drug-likeness (QED) is 0.289. The van der Waals surface area contributed by atoms with Gasteiger partial charge in [-0.05, 0) is 36.2 Å². The third-order valence-electron chi connectivity index (χ3n) is 5.30. The fraction of sp³-hybridized carbons (Fsp3) is 0.292. The topological polar surface area (TPSA) is 146 Å². The normalized spacial score (nSPS) is 10.9. The van der Waals surface area contributed by atoms with E-state index in [-0.39, 0.29) is 30.3 Å². The van der Waals surface area contributed by atoms with E-state index in [4.69, 9.17) is 19.3 Å². The average molecular weight is 513 g/mol. The Morgan fingerprint density at radius 1 is 1.06 bits per heavy atom. The lowest BCUT2D eigenvalue weighted by molar-refractivity contribution is -0.139. The van der Waals surface area contributed by atoms with Crippen LogP contribution in [0.1, 0.15) is 40.5 Å². The zero-order valence-corrected chi connectivity index (χ0v) is 20.4. The van der Waals surface area contributed by atoms with E-state index in [0.717, 1.165) is 34.7 Å². The number of methoxy groups -OCH3 is 1. The number of aromatic nitrogens is 4. The van der Waals surface area contributed by atoms with Crippen LogP contribution in [0.15, 0.2) is 36.4 Å². The molecule has 0 saturated carbocycles. The molecule has 0 aliphatic carbocycles. The maximum atomic E-state index is 12.4. The van der Waals surface area contributed by atoms with Gasteiger partial charge in [0.1, 0.15) is 22.5 Å². The van der Waals surface area contributed by atoms with Crippen LogP contribution in [0.3, 0.4) is 0 Å². The van der Waals surface area contributed by atoms with Crippen molar-refractivity contribution in [3.8, 4) is 17.4 Å². The number of aliphatic carboxylic acids is 1. The predicted octanol–water partition coefficient (Wildman–Crippen LogP) is 3.49. The highest BCUT2D eigenvalue weighted by Gasteiger charge is 2.26. The largest absolute Gasteiger partial charge is 0.497 e. The minimum absolute atomic E-state index is 0.0120. The second kappa shape index (κ2) is 11.0. The number of rotatable bonds is 12. The summed E-state index contributed by atoms with van der Waals surface area (Å²) < 4.78 is 26.3. The number of carboxylic acid groups (broad SMARTS) is 2. The molecule has 0 radical (unpaired) electrons. The van der Waals surface area contributed by atoms with E-state index in [0.29, 0.717) is 23.5 Å². The van der Waals surface area contributed by atoms with Gasteiger partial charge in [0.05, 0.1) is 37.6 Å². The summed E-state index contributed by atoms with van der Waals surface area (Å²) in [4.78, 5) is 23.5. The lowest BCUT2D eigenvalue weighted by Gasteiger charge is -2.13. The van der Waals surface area contributed by atoms with E-state index in [1.54, 1.807) is 18.2 Å². The Hall–Kier alpha value is -4.19. The van der Waals surface area contributed by atoms with Crippen LogP contribution in [0.4, 0.5) is 0 Å². The number of carbonyl (C=O) groups is 2. The van der Waals surface area contributed by atoms with Crippen molar-refractivity contribution in [2.75, 3.05) is 20.3 Å². The van der Waals surface area contributed by atoms with Crippen molar-refractivity contribution in [3.05, 3.63) is 58.8 Å². The minimum Gasteiger partial charge on any atom is -0.497 e. The molecule has 2 aromatic heterocycles. The molecular formula is C24H24N4O7S. The van der Waals surface area contributed by atoms with Crippen LogP contribution in [-0.2, 0) is 17.8 Å². The molecule has 0 fully saturated rings. The predicted molar refractivity (Wildman–Crippen MR) is 130 cm³/mol. The molecule has 4 aromatic rings. The summed E-state index contributed by atoms with van der Waals surface area (Å²) in [6.45, 7) is 1.77. The second-order valence-electron chi connectivity index (χ2n) is 7.86. The van der Waals surface area contributed by atoms with Crippen LogP contribution in [-0.4, -0.2) is 61.0 Å². The van der Waals surface area contributed by atoms with Gasteiger partial charge in [-0.15, -0.1) is 5.10 Å². The summed E-state index contributed by atoms with van der Waals surface area (Å²) in [5, 5.41) is 23.7. The number of aromatic carboxylic acids is 1. The summed E-state index contributed by atoms with van der Waals surface area (Å²) >= 11 is 1.11. The molecule has 11 nitrogen and oxygen atoms in total. The zero-order valence-electron chi connectivity index (χ0n) is 19.6. The van der Waals surface area contributed by atoms with Gasteiger partial charge < -0.3 is 24.4 Å². The van der Waals surface area contributed by atoms with Gasteiger partial charge in [0, 0.05) is 18.1 Å². The number of fused-ring (bicyclic) bond motifs is 1. The van der Waals surface area contributed by atoms with Gasteiger partial charge in [-0.2, -0.15) is 8.75 Å². The zero-order chi connectivity index (χ0) is 25.7. The highest BCUT2D eigenvalue weighted by molar-refractivity contribution is 7.00. The molecule has 0 unspecified atom stereocenters. The summed E-state index contributed by atoms with van der Waals surface area (Å²) in [5.74, 6) is -1.35. The molecule has 188 valence electrons. The van der Waals surface area contributed by atoms with Gasteiger partial charge in [0.25, 0.3) is 0 Å². The van der Waals surface area contributed by atoms with Crippen LogP contribution in [0.25, 0.3) is 11.0 Å². The van der Waals surface area contributed by atoms with Gasteiger partial charge in [0.15, 0.2) is 12.3 Å². The summed E-state index contributed by atoms with van der Waals surface area (Å²) in [7, 11) is 1.48. The first kappa shape index (κ1) is 24.9. The van der Waals surface area contributed by atoms with E-state index >= 15 is 0 Å². The van der Waals surface area contributed by atoms with E-state index in [1.807, 2.05) is 25.1 Å². The maximum absolute atomic E-state index is 12.4. The van der Waals surface area contributed by atoms with Crippen molar-refractivity contribution in [3.63, 3.8) is 0 Å². The number of carboxylic acids is 2. The lowest BCUT2D eigenvalue weighted by atomic mass is 10.0. The Kier molecular flexibility index (Phi) is 7.64. The number of benzene rings is 2. The van der Waals surface area contributed by atoms with Crippen LogP contribution in [0.5, 0.6) is 17.4 Å². The van der Waals surface area contributed by atoms with Crippen molar-refractivity contribution in [1.29, 1.82) is 0 Å². The average Bonchev–Trinajstić information content (AvgIpc) is 3.46. The van der Waals surface area contributed by atoms with E-state index in [2.05, 4.69) is 13.8 Å². The van der Waals surface area contributed by atoms with Gasteiger partial charge >= 0.3 is 11.9 Å². The van der Waals surface area contributed by atoms with E-state index in [1.165, 1.54) is 11.8 Å². The molecule has 0 bridgehead atoms. The van der Waals surface area contributed by atoms with Crippen molar-refractivity contribution in [2.24, 2.45) is 0 Å². The third-order valence-corrected chi connectivity index (χ3v) is 5.86. The number of hydrogen-bond donors (Lipinski definition) is 2. The molecule has 0 amide bonds. The number of hydrogen-bond acceptors (Lipinski definition) is 9. The smallest absolute Gasteiger partial charge is 0.354 e. The highest BCUT2D eigenvalue weighted by Crippen LogP contribution is 2.30. The summed E-state index contributed by atoms with van der Waals surface area (Å²) in [6.07, 6.45) is 0.982. The Labute approximate surface area is 210 Å². The first-order chi connectivity index (χ1) is 17.4. The Morgan fingerprint density at radius 3 is 2.58 bits per heavy atom. The van der Waals surface area contributed by atoms with Crippen LogP contribution < -0.4 is 14.2 Å². The fourth-order valence-electron chi connectivity index (χ4n) is 3.67. The van der Waals surface area contributed by atoms with Gasteiger partial charge in [-0.25, -0.2) is 14.3 Å². The number of nitrogens with zero attached hydrogens (tertiary/aromatic N) is 4. The molecule has 0 aliphatic heterocycles. The van der Waals surface area contributed by atoms with Gasteiger partial charge in [-0.3, -0.25) is 0 Å². The first-order valence-corrected chi connectivity index (χ1v) is 11.8. The lowest BCUT2D eigenvalue weighted by Crippen LogP contribution is -2.15. The standard InChI is InChI=1S/C24H24N4O7S/c1-3-8-34-23-17(9-14-4-7-18-19(10-14)27-36-26-18)22(24(31)32)28(25-23)12-15-5-6-16(33-2)11-20(15)35-13-21(29)30/h4-7,10-11H,3,8-9,12-13H2,1-2H3,(H,29,30)(H,31,32). The molecule has 0 spiro atoms. The summed E-state index contributed by atoms with van der Waals surface area (Å²) in [6, 6.07) is 10.5. The summed E-state index contributed by atoms with van der Waals surface area (Å²) in [5.41, 5.74) is 3.28. The van der Waals surface area contributed by atoms with Crippen LogP contribution in [0, 0.1) is 0 Å². The minimum atomic E-state index is -1.17. The molecule has 2 aromatic carbocycles. The monoisotopic (exact) mass is 512 g/mol. The van der Waals surface area contributed by atoms with E-state index in [9.17, 15) is 14.7 Å². The Morgan fingerprint density at radius 2 is 1.86 bits per heavy atom. The first-order valence-electron chi connectivity index (χ1n) is 11.1. The molecule has 0 aliphatic rings. The molecule has 2 heterocycles. The van der Waals surface area contributed by atoms with Crippen LogP contribution >= 0.6 is 11.7 Å². The van der Waals surface area contributed by atoms with Gasteiger partial charge in [-0.1, -0.05) is 13.0 Å². The molecule has 36 heavy (non-hydrogen) atoms. The molecule has 0 saturated heterocycles. The fourth-order valence-corrected chi connectivity index (χ4v) is 4.19. The van der Waals surface area contributed by atoms with Crippen molar-refractivity contribution < 1.29 is 34.0 Å². The molecule has 2 N–H and O–H groups in total. The molecular weight excluding hydrogens is 488 g/mol. The number of ether oxygens (including phenoxy) is 3.